The Morgan fingerprint density at radius 1 is 1.28 bits per heavy atom. The van der Waals surface area contributed by atoms with Crippen LogP contribution < -0.4 is 16.8 Å². The van der Waals surface area contributed by atoms with Gasteiger partial charge in [0.15, 0.2) is 0 Å². The average molecular weight is 259 g/mol. The van der Waals surface area contributed by atoms with E-state index in [1.807, 2.05) is 0 Å². The van der Waals surface area contributed by atoms with Crippen LogP contribution in [0.5, 0.6) is 0 Å². The summed E-state index contributed by atoms with van der Waals surface area (Å²) in [7, 11) is 0. The number of carbonyl (C=O) groups excluding carboxylic acids is 2. The summed E-state index contributed by atoms with van der Waals surface area (Å²) in [5.74, 6) is -2.39. The number of carboxylic acids is 1. The van der Waals surface area contributed by atoms with E-state index in [9.17, 15) is 14.4 Å². The van der Waals surface area contributed by atoms with E-state index in [0.717, 1.165) is 0 Å². The van der Waals surface area contributed by atoms with Gasteiger partial charge < -0.3 is 21.9 Å². The Balaban J connectivity index is 4.55. The van der Waals surface area contributed by atoms with E-state index in [1.54, 1.807) is 20.8 Å². The van der Waals surface area contributed by atoms with Crippen molar-refractivity contribution in [3.63, 3.8) is 0 Å². The van der Waals surface area contributed by atoms with Crippen molar-refractivity contribution in [1.82, 2.24) is 5.32 Å². The van der Waals surface area contributed by atoms with Crippen LogP contribution in [0.25, 0.3) is 0 Å². The summed E-state index contributed by atoms with van der Waals surface area (Å²) in [6.07, 6.45) is -0.157. The quantitative estimate of drug-likeness (QED) is 0.495. The third-order valence-corrected chi connectivity index (χ3v) is 2.51. The lowest BCUT2D eigenvalue weighted by Crippen LogP contribution is -2.53. The van der Waals surface area contributed by atoms with Crippen molar-refractivity contribution in [2.45, 2.75) is 45.7 Å². The number of amides is 2. The molecule has 18 heavy (non-hydrogen) atoms. The lowest BCUT2D eigenvalue weighted by molar-refractivity contribution is -0.142. The van der Waals surface area contributed by atoms with Crippen LogP contribution in [0, 0.1) is 5.41 Å². The second kappa shape index (κ2) is 6.34. The Bertz CT molecular complexity index is 336. The molecule has 0 radical (unpaired) electrons. The van der Waals surface area contributed by atoms with Crippen molar-refractivity contribution < 1.29 is 19.5 Å². The molecule has 7 nitrogen and oxygen atoms in total. The molecule has 0 bridgehead atoms. The first-order valence-electron chi connectivity index (χ1n) is 5.62. The van der Waals surface area contributed by atoms with Gasteiger partial charge in [0.25, 0.3) is 0 Å². The molecule has 0 spiro atoms. The molecule has 0 aromatic heterocycles. The van der Waals surface area contributed by atoms with Gasteiger partial charge in [-0.15, -0.1) is 0 Å². The summed E-state index contributed by atoms with van der Waals surface area (Å²) in [6, 6.07) is -1.98. The van der Waals surface area contributed by atoms with E-state index in [4.69, 9.17) is 16.6 Å². The zero-order valence-electron chi connectivity index (χ0n) is 10.9. The predicted octanol–water partition coefficient (Wildman–Crippen LogP) is -0.805. The molecule has 0 rings (SSSR count). The average Bonchev–Trinajstić information content (AvgIpc) is 2.20. The minimum atomic E-state index is -1.22. The van der Waals surface area contributed by atoms with Crippen LogP contribution in [0.4, 0.5) is 0 Å². The van der Waals surface area contributed by atoms with Gasteiger partial charge in [0, 0.05) is 6.42 Å². The molecule has 0 aliphatic carbocycles. The fourth-order valence-corrected chi connectivity index (χ4v) is 1.20. The van der Waals surface area contributed by atoms with Crippen molar-refractivity contribution in [2.24, 2.45) is 16.9 Å². The molecule has 7 heteroatoms. The summed E-state index contributed by atoms with van der Waals surface area (Å²) in [6.45, 7) is 5.32. The van der Waals surface area contributed by atoms with Crippen LogP contribution in [0.3, 0.4) is 0 Å². The minimum Gasteiger partial charge on any atom is -0.480 e. The Morgan fingerprint density at radius 2 is 1.78 bits per heavy atom. The Kier molecular flexibility index (Phi) is 5.77. The third-order valence-electron chi connectivity index (χ3n) is 2.51. The molecule has 2 atom stereocenters. The van der Waals surface area contributed by atoms with E-state index < -0.39 is 35.3 Å². The van der Waals surface area contributed by atoms with Gasteiger partial charge in [0.05, 0.1) is 6.04 Å². The number of carbonyl (C=O) groups is 3. The molecular formula is C11H21N3O4. The Labute approximate surface area is 106 Å². The number of nitrogens with one attached hydrogen (secondary N) is 1. The van der Waals surface area contributed by atoms with Crippen LogP contribution in [0.15, 0.2) is 0 Å². The van der Waals surface area contributed by atoms with Gasteiger partial charge in [-0.2, -0.15) is 0 Å². The summed E-state index contributed by atoms with van der Waals surface area (Å²) in [4.78, 5) is 33.2. The molecule has 104 valence electrons. The van der Waals surface area contributed by atoms with Gasteiger partial charge in [-0.3, -0.25) is 9.59 Å². The minimum absolute atomic E-state index is 0.0483. The molecule has 0 aromatic rings. The molecule has 0 fully saturated rings. The van der Waals surface area contributed by atoms with Crippen LogP contribution in [-0.4, -0.2) is 35.0 Å². The van der Waals surface area contributed by atoms with E-state index in [-0.39, 0.29) is 12.8 Å². The normalized spacial score (nSPS) is 14.7. The van der Waals surface area contributed by atoms with Crippen LogP contribution in [0.1, 0.15) is 33.6 Å². The SMILES string of the molecule is CC(C)(C)[C@H](N)C(=O)N[C@H](CCC(N)=O)C(=O)O. The number of primary amides is 1. The van der Waals surface area contributed by atoms with E-state index in [0.29, 0.717) is 0 Å². The summed E-state index contributed by atoms with van der Waals surface area (Å²) >= 11 is 0. The highest BCUT2D eigenvalue weighted by molar-refractivity contribution is 5.87. The molecule has 0 aliphatic rings. The van der Waals surface area contributed by atoms with Crippen LogP contribution >= 0.6 is 0 Å². The second-order valence-corrected chi connectivity index (χ2v) is 5.25. The van der Waals surface area contributed by atoms with Crippen molar-refractivity contribution in [3.05, 3.63) is 0 Å². The fourth-order valence-electron chi connectivity index (χ4n) is 1.20. The number of nitrogens with two attached hydrogens (primary N) is 2. The highest BCUT2D eigenvalue weighted by Gasteiger charge is 2.30. The standard InChI is InChI=1S/C11H21N3O4/c1-11(2,3)8(13)9(16)14-6(10(17)18)4-5-7(12)15/h6,8H,4-5,13H2,1-3H3,(H2,12,15)(H,14,16)(H,17,18)/t6-,8-/m1/s1. The topological polar surface area (TPSA) is 136 Å². The molecule has 0 unspecified atom stereocenters. The van der Waals surface area contributed by atoms with Crippen molar-refractivity contribution >= 4 is 17.8 Å². The van der Waals surface area contributed by atoms with Crippen LogP contribution in [-0.2, 0) is 14.4 Å². The third kappa shape index (κ3) is 5.62. The lowest BCUT2D eigenvalue weighted by Gasteiger charge is -2.27. The molecule has 6 N–H and O–H groups in total. The highest BCUT2D eigenvalue weighted by atomic mass is 16.4. The Hall–Kier alpha value is -1.63. The maximum absolute atomic E-state index is 11.7. The zero-order chi connectivity index (χ0) is 14.5. The summed E-state index contributed by atoms with van der Waals surface area (Å²) in [5.41, 5.74) is 10.2. The zero-order valence-corrected chi connectivity index (χ0v) is 10.9. The van der Waals surface area contributed by atoms with Gasteiger partial charge in [-0.25, -0.2) is 4.79 Å². The first-order chi connectivity index (χ1) is 8.05. The number of carboxylic acid groups (broad SMARTS) is 1. The Morgan fingerprint density at radius 3 is 2.11 bits per heavy atom. The lowest BCUT2D eigenvalue weighted by atomic mass is 9.86. The smallest absolute Gasteiger partial charge is 0.326 e. The predicted molar refractivity (Wildman–Crippen MR) is 65.4 cm³/mol. The summed E-state index contributed by atoms with van der Waals surface area (Å²) < 4.78 is 0. The maximum Gasteiger partial charge on any atom is 0.326 e. The van der Waals surface area contributed by atoms with Gasteiger partial charge in [-0.05, 0) is 11.8 Å². The highest BCUT2D eigenvalue weighted by Crippen LogP contribution is 2.17. The molecular weight excluding hydrogens is 238 g/mol. The molecule has 0 saturated heterocycles. The maximum atomic E-state index is 11.7. The molecule has 0 saturated carbocycles. The van der Waals surface area contributed by atoms with Gasteiger partial charge >= 0.3 is 5.97 Å². The first-order valence-corrected chi connectivity index (χ1v) is 5.62. The number of hydrogen-bond acceptors (Lipinski definition) is 4. The van der Waals surface area contributed by atoms with Crippen molar-refractivity contribution in [1.29, 1.82) is 0 Å². The van der Waals surface area contributed by atoms with Crippen LogP contribution in [0.2, 0.25) is 0 Å². The molecule has 2 amide bonds. The van der Waals surface area contributed by atoms with Crippen molar-refractivity contribution in [3.8, 4) is 0 Å². The fraction of sp³-hybridized carbons (Fsp3) is 0.727. The van der Waals surface area contributed by atoms with E-state index >= 15 is 0 Å². The molecule has 0 aromatic carbocycles. The molecule has 0 heterocycles. The van der Waals surface area contributed by atoms with E-state index in [2.05, 4.69) is 5.32 Å². The monoisotopic (exact) mass is 259 g/mol. The largest absolute Gasteiger partial charge is 0.480 e. The van der Waals surface area contributed by atoms with E-state index in [1.165, 1.54) is 0 Å². The van der Waals surface area contributed by atoms with Gasteiger partial charge in [0.1, 0.15) is 6.04 Å². The second-order valence-electron chi connectivity index (χ2n) is 5.25. The molecule has 0 aliphatic heterocycles. The van der Waals surface area contributed by atoms with Crippen molar-refractivity contribution in [2.75, 3.05) is 0 Å². The first kappa shape index (κ1) is 16.4. The number of aliphatic carboxylic acids is 1. The number of rotatable bonds is 6. The summed E-state index contributed by atoms with van der Waals surface area (Å²) in [5, 5.41) is 11.2. The number of hydrogen-bond donors (Lipinski definition) is 4. The van der Waals surface area contributed by atoms with Gasteiger partial charge in [0.2, 0.25) is 11.8 Å². The van der Waals surface area contributed by atoms with Gasteiger partial charge in [-0.1, -0.05) is 20.8 Å².